The summed E-state index contributed by atoms with van der Waals surface area (Å²) in [5.74, 6) is 0.144. The molecule has 0 atom stereocenters. The van der Waals surface area contributed by atoms with Gasteiger partial charge in [0.1, 0.15) is 23.5 Å². The van der Waals surface area contributed by atoms with Crippen LogP contribution in [0.1, 0.15) is 21.5 Å². The van der Waals surface area contributed by atoms with E-state index in [1.54, 1.807) is 24.1 Å². The standard InChI is InChI=1S/C24H24ClFN8O3.CH2O2/c1-28-23(35)17-9-29-24(25)32-22(17)31-19-7-13(10-37-11-14-8-15(27)4-5-18(14)26)6-16(20(19)36-3)21-30-12-34(2)33-21;2-1-3/h4-9,12H,10-11,27H2,1-3H3,(H,28,35)(H,29,31,32);1H,(H,2,3). The number of hydrogen-bond donors (Lipinski definition) is 4. The number of amides is 1. The highest BCUT2D eigenvalue weighted by Gasteiger charge is 2.20. The average Bonchev–Trinajstić information content (AvgIpc) is 3.36. The van der Waals surface area contributed by atoms with Gasteiger partial charge in [-0.15, -0.1) is 0 Å². The van der Waals surface area contributed by atoms with Gasteiger partial charge in [0.05, 0.1) is 31.6 Å². The number of nitrogens with two attached hydrogens (primary N) is 1. The van der Waals surface area contributed by atoms with Gasteiger partial charge in [0.2, 0.25) is 5.28 Å². The van der Waals surface area contributed by atoms with Crippen molar-refractivity contribution >= 4 is 41.2 Å². The van der Waals surface area contributed by atoms with Gasteiger partial charge in [0.25, 0.3) is 12.4 Å². The normalized spacial score (nSPS) is 10.3. The fourth-order valence-electron chi connectivity index (χ4n) is 3.58. The molecule has 2 aromatic carbocycles. The van der Waals surface area contributed by atoms with Gasteiger partial charge >= 0.3 is 0 Å². The lowest BCUT2D eigenvalue weighted by atomic mass is 10.1. The molecule has 4 rings (SSSR count). The number of nitrogens with zero attached hydrogens (tertiary/aromatic N) is 5. The van der Waals surface area contributed by atoms with Gasteiger partial charge in [-0.3, -0.25) is 14.3 Å². The van der Waals surface area contributed by atoms with Gasteiger partial charge in [0, 0.05) is 31.5 Å². The zero-order chi connectivity index (χ0) is 29.2. The van der Waals surface area contributed by atoms with Crippen LogP contribution in [-0.2, 0) is 29.8 Å². The molecule has 0 spiro atoms. The van der Waals surface area contributed by atoms with E-state index in [0.717, 1.165) is 0 Å². The molecule has 0 saturated heterocycles. The first kappa shape index (κ1) is 29.7. The molecule has 1 amide bonds. The number of hydrogen-bond acceptors (Lipinski definition) is 10. The van der Waals surface area contributed by atoms with Crippen LogP contribution >= 0.6 is 11.6 Å². The minimum absolute atomic E-state index is 0.00513. The summed E-state index contributed by atoms with van der Waals surface area (Å²) in [7, 11) is 4.74. The maximum Gasteiger partial charge on any atom is 0.290 e. The highest BCUT2D eigenvalue weighted by molar-refractivity contribution is 6.28. The summed E-state index contributed by atoms with van der Waals surface area (Å²) < 4.78 is 27.2. The van der Waals surface area contributed by atoms with E-state index in [2.05, 4.69) is 30.7 Å². The van der Waals surface area contributed by atoms with Crippen LogP contribution in [0.25, 0.3) is 11.4 Å². The van der Waals surface area contributed by atoms with Crippen LogP contribution in [0.4, 0.5) is 21.6 Å². The minimum Gasteiger partial charge on any atom is -0.494 e. The molecule has 5 N–H and O–H groups in total. The number of aromatic nitrogens is 5. The van der Waals surface area contributed by atoms with Crippen molar-refractivity contribution in [3.05, 3.63) is 70.6 Å². The molecule has 0 aliphatic carbocycles. The fraction of sp³-hybridized carbons (Fsp3) is 0.200. The molecule has 0 fully saturated rings. The molecule has 0 aliphatic heterocycles. The summed E-state index contributed by atoms with van der Waals surface area (Å²) in [5.41, 5.74) is 8.41. The number of benzene rings is 2. The van der Waals surface area contributed by atoms with Gasteiger partial charge < -0.3 is 30.9 Å². The summed E-state index contributed by atoms with van der Waals surface area (Å²) in [6.07, 6.45) is 2.87. The molecule has 0 bridgehead atoms. The molecule has 13 nitrogen and oxygen atoms in total. The van der Waals surface area contributed by atoms with Crippen molar-refractivity contribution in [1.82, 2.24) is 30.0 Å². The minimum atomic E-state index is -0.410. The molecule has 0 radical (unpaired) electrons. The first-order valence-electron chi connectivity index (χ1n) is 11.5. The number of rotatable bonds is 9. The highest BCUT2D eigenvalue weighted by Crippen LogP contribution is 2.38. The molecule has 0 saturated carbocycles. The van der Waals surface area contributed by atoms with Gasteiger partial charge in [-0.2, -0.15) is 10.1 Å². The first-order valence-corrected chi connectivity index (χ1v) is 11.9. The van der Waals surface area contributed by atoms with Crippen molar-refractivity contribution in [3.8, 4) is 17.1 Å². The molecule has 15 heteroatoms. The Kier molecular flexibility index (Phi) is 10.3. The molecule has 210 valence electrons. The zero-order valence-corrected chi connectivity index (χ0v) is 22.4. The Hall–Kier alpha value is -4.82. The number of nitrogen functional groups attached to an aromatic ring is 1. The third kappa shape index (κ3) is 7.39. The zero-order valence-electron chi connectivity index (χ0n) is 21.7. The third-order valence-electron chi connectivity index (χ3n) is 5.27. The van der Waals surface area contributed by atoms with E-state index in [1.807, 2.05) is 6.07 Å². The molecule has 0 unspecified atom stereocenters. The largest absolute Gasteiger partial charge is 0.494 e. The number of carboxylic acid groups (broad SMARTS) is 1. The predicted octanol–water partition coefficient (Wildman–Crippen LogP) is 3.18. The second-order valence-corrected chi connectivity index (χ2v) is 8.36. The second kappa shape index (κ2) is 13.8. The van der Waals surface area contributed by atoms with Crippen LogP contribution in [-0.4, -0.2) is 56.4 Å². The van der Waals surface area contributed by atoms with Crippen LogP contribution in [0, 0.1) is 5.82 Å². The van der Waals surface area contributed by atoms with Gasteiger partial charge in [-0.1, -0.05) is 0 Å². The van der Waals surface area contributed by atoms with Crippen molar-refractivity contribution in [2.45, 2.75) is 13.2 Å². The smallest absolute Gasteiger partial charge is 0.290 e. The Bertz CT molecular complexity index is 1500. The van der Waals surface area contributed by atoms with Crippen molar-refractivity contribution in [1.29, 1.82) is 0 Å². The summed E-state index contributed by atoms with van der Waals surface area (Å²) >= 11 is 6.01. The van der Waals surface area contributed by atoms with Crippen molar-refractivity contribution in [3.63, 3.8) is 0 Å². The van der Waals surface area contributed by atoms with Gasteiger partial charge in [-0.05, 0) is 47.5 Å². The average molecular weight is 573 g/mol. The highest BCUT2D eigenvalue weighted by atomic mass is 35.5. The van der Waals surface area contributed by atoms with Gasteiger partial charge in [-0.25, -0.2) is 14.4 Å². The summed E-state index contributed by atoms with van der Waals surface area (Å²) in [5, 5.41) is 16.9. The van der Waals surface area contributed by atoms with E-state index in [1.165, 1.54) is 38.6 Å². The summed E-state index contributed by atoms with van der Waals surface area (Å²) in [4.78, 5) is 33.2. The number of carbonyl (C=O) groups excluding carboxylic acids is 1. The lowest BCUT2D eigenvalue weighted by molar-refractivity contribution is -0.122. The molecule has 40 heavy (non-hydrogen) atoms. The molecular weight excluding hydrogens is 547 g/mol. The quantitative estimate of drug-likeness (QED) is 0.131. The van der Waals surface area contributed by atoms with E-state index in [4.69, 9.17) is 36.7 Å². The van der Waals surface area contributed by atoms with Crippen LogP contribution < -0.4 is 21.1 Å². The number of aryl methyl sites for hydroxylation is 1. The van der Waals surface area contributed by atoms with Crippen molar-refractivity contribution in [2.24, 2.45) is 7.05 Å². The second-order valence-electron chi connectivity index (χ2n) is 8.02. The number of anilines is 3. The van der Waals surface area contributed by atoms with Crippen LogP contribution in [0.5, 0.6) is 5.75 Å². The van der Waals surface area contributed by atoms with E-state index < -0.39 is 11.7 Å². The number of ether oxygens (including phenoxy) is 2. The number of halogens is 2. The van der Waals surface area contributed by atoms with Gasteiger partial charge in [0.15, 0.2) is 11.6 Å². The van der Waals surface area contributed by atoms with Crippen LogP contribution in [0.2, 0.25) is 5.28 Å². The number of carbonyl (C=O) groups is 2. The predicted molar refractivity (Wildman–Crippen MR) is 145 cm³/mol. The van der Waals surface area contributed by atoms with E-state index in [9.17, 15) is 9.18 Å². The van der Waals surface area contributed by atoms with E-state index in [0.29, 0.717) is 39.6 Å². The monoisotopic (exact) mass is 572 g/mol. The lowest BCUT2D eigenvalue weighted by Crippen LogP contribution is -2.20. The Morgan fingerprint density at radius 3 is 2.65 bits per heavy atom. The maximum absolute atomic E-state index is 14.1. The SMILES string of the molecule is CNC(=O)c1cnc(Cl)nc1Nc1cc(COCc2cc(N)ccc2F)cc(-c2ncn(C)n2)c1OC.O=CO. The van der Waals surface area contributed by atoms with E-state index >= 15 is 0 Å². The fourth-order valence-corrected chi connectivity index (χ4v) is 3.71. The maximum atomic E-state index is 14.1. The Morgan fingerprint density at radius 2 is 2.00 bits per heavy atom. The topological polar surface area (TPSA) is 179 Å². The summed E-state index contributed by atoms with van der Waals surface area (Å²) in [6.45, 7) is -0.134. The Morgan fingerprint density at radius 1 is 1.25 bits per heavy atom. The van der Waals surface area contributed by atoms with Crippen LogP contribution in [0.15, 0.2) is 42.9 Å². The number of nitrogens with one attached hydrogen (secondary N) is 2. The first-order chi connectivity index (χ1) is 19.2. The summed E-state index contributed by atoms with van der Waals surface area (Å²) in [6, 6.07) is 7.87. The molecule has 0 aliphatic rings. The van der Waals surface area contributed by atoms with E-state index in [-0.39, 0.29) is 36.4 Å². The molecule has 2 heterocycles. The number of methoxy groups -OCH3 is 1. The lowest BCUT2D eigenvalue weighted by Gasteiger charge is -2.17. The molecule has 2 aromatic heterocycles. The Balaban J connectivity index is 0.00000141. The van der Waals surface area contributed by atoms with Crippen molar-refractivity contribution < 1.29 is 28.6 Å². The van der Waals surface area contributed by atoms with Crippen LogP contribution in [0.3, 0.4) is 0 Å². The Labute approximate surface area is 233 Å². The molecule has 4 aromatic rings. The third-order valence-corrected chi connectivity index (χ3v) is 5.46. The molecular formula is C25H26ClFN8O5. The van der Waals surface area contributed by atoms with Crippen molar-refractivity contribution in [2.75, 3.05) is 25.2 Å².